The number of carboxylic acid groups (broad SMARTS) is 1. The number of aromatic carboxylic acids is 1. The van der Waals surface area contributed by atoms with Crippen molar-refractivity contribution >= 4 is 22.6 Å². The molecule has 9 heteroatoms. The highest BCUT2D eigenvalue weighted by Crippen LogP contribution is 2.47. The van der Waals surface area contributed by atoms with Gasteiger partial charge in [0.05, 0.1) is 16.6 Å². The molecule has 0 unspecified atom stereocenters. The number of fused-ring (bicyclic) bond motifs is 1. The first kappa shape index (κ1) is 17.9. The first-order valence-corrected chi connectivity index (χ1v) is 8.33. The van der Waals surface area contributed by atoms with Gasteiger partial charge in [0.15, 0.2) is 11.6 Å². The van der Waals surface area contributed by atoms with Crippen LogP contribution in [0.5, 0.6) is 5.75 Å². The van der Waals surface area contributed by atoms with Crippen molar-refractivity contribution in [1.29, 1.82) is 0 Å². The van der Waals surface area contributed by atoms with Crippen LogP contribution in [0.4, 0.5) is 14.5 Å². The summed E-state index contributed by atoms with van der Waals surface area (Å²) < 4.78 is 31.4. The summed E-state index contributed by atoms with van der Waals surface area (Å²) >= 11 is 0. The van der Waals surface area contributed by atoms with Gasteiger partial charge >= 0.3 is 5.97 Å². The second kappa shape index (κ2) is 5.77. The van der Waals surface area contributed by atoms with E-state index in [-0.39, 0.29) is 17.0 Å². The van der Waals surface area contributed by atoms with E-state index in [0.717, 1.165) is 10.8 Å². The number of aromatic nitrogens is 1. The molecule has 28 heavy (non-hydrogen) atoms. The van der Waals surface area contributed by atoms with Crippen LogP contribution in [-0.4, -0.2) is 20.7 Å². The third kappa shape index (κ3) is 2.43. The predicted molar refractivity (Wildman–Crippen MR) is 97.6 cm³/mol. The molecule has 1 aliphatic carbocycles. The van der Waals surface area contributed by atoms with Crippen molar-refractivity contribution in [2.24, 2.45) is 5.73 Å². The average Bonchev–Trinajstić information content (AvgIpc) is 3.38. The lowest BCUT2D eigenvalue weighted by molar-refractivity contribution is 0.0695. The van der Waals surface area contributed by atoms with Gasteiger partial charge in [0.25, 0.3) is 0 Å². The molecule has 4 rings (SSSR count). The van der Waals surface area contributed by atoms with Gasteiger partial charge in [-0.25, -0.2) is 13.6 Å². The van der Waals surface area contributed by atoms with Crippen molar-refractivity contribution < 1.29 is 23.8 Å². The molecule has 1 aromatic heterocycles. The van der Waals surface area contributed by atoms with Crippen molar-refractivity contribution in [3.63, 3.8) is 0 Å². The summed E-state index contributed by atoms with van der Waals surface area (Å²) in [6.07, 6.45) is 1.64. The lowest BCUT2D eigenvalue weighted by atomic mass is 9.98. The first-order valence-electron chi connectivity index (χ1n) is 8.33. The monoisotopic (exact) mass is 387 g/mol. The number of phenols is 1. The van der Waals surface area contributed by atoms with E-state index >= 15 is 4.39 Å². The maximum absolute atomic E-state index is 15.5. The van der Waals surface area contributed by atoms with Crippen molar-refractivity contribution in [1.82, 2.24) is 4.57 Å². The van der Waals surface area contributed by atoms with Crippen molar-refractivity contribution in [2.75, 3.05) is 5.73 Å². The standard InChI is InChI=1S/C19H15F2N3O4/c20-13-12(19(23)5-6-19)14(21)16-11(15(13)22)17(26)10(18(27)28)7-24(16)8-1-3-9(25)4-2-8/h1-4,7,25H,5-6,22-23H2,(H,27,28). The summed E-state index contributed by atoms with van der Waals surface area (Å²) in [5, 5.41) is 18.3. The highest BCUT2D eigenvalue weighted by Gasteiger charge is 2.46. The molecule has 144 valence electrons. The first-order chi connectivity index (χ1) is 13.2. The van der Waals surface area contributed by atoms with Gasteiger partial charge in [-0.1, -0.05) is 0 Å². The van der Waals surface area contributed by atoms with E-state index in [4.69, 9.17) is 11.5 Å². The van der Waals surface area contributed by atoms with E-state index in [2.05, 4.69) is 0 Å². The molecule has 1 aliphatic rings. The van der Waals surface area contributed by atoms with E-state index < -0.39 is 50.8 Å². The number of nitrogens with zero attached hydrogens (tertiary/aromatic N) is 1. The van der Waals surface area contributed by atoms with E-state index in [1.165, 1.54) is 24.3 Å². The number of hydrogen-bond acceptors (Lipinski definition) is 5. The third-order valence-corrected chi connectivity index (χ3v) is 5.01. The zero-order chi connectivity index (χ0) is 20.4. The van der Waals surface area contributed by atoms with Gasteiger partial charge in [-0.3, -0.25) is 4.79 Å². The smallest absolute Gasteiger partial charge is 0.341 e. The maximum Gasteiger partial charge on any atom is 0.341 e. The van der Waals surface area contributed by atoms with Crippen LogP contribution in [0.2, 0.25) is 0 Å². The molecule has 1 fully saturated rings. The van der Waals surface area contributed by atoms with Crippen molar-refractivity contribution in [3.05, 3.63) is 63.4 Å². The fourth-order valence-electron chi connectivity index (χ4n) is 3.33. The van der Waals surface area contributed by atoms with Crippen LogP contribution in [-0.2, 0) is 5.54 Å². The SMILES string of the molecule is Nc1c(F)c(C2(N)CC2)c(F)c2c1c(=O)c(C(=O)O)cn2-c1ccc(O)cc1. The number of benzene rings is 2. The van der Waals surface area contributed by atoms with Gasteiger partial charge in [0.1, 0.15) is 11.3 Å². The number of carboxylic acids is 1. The number of aromatic hydroxyl groups is 1. The van der Waals surface area contributed by atoms with Crippen LogP contribution < -0.4 is 16.9 Å². The van der Waals surface area contributed by atoms with Gasteiger partial charge in [-0.2, -0.15) is 0 Å². The number of anilines is 1. The van der Waals surface area contributed by atoms with Crippen LogP contribution in [0.3, 0.4) is 0 Å². The molecule has 3 aromatic rings. The molecule has 0 radical (unpaired) electrons. The van der Waals surface area contributed by atoms with E-state index in [9.17, 15) is 24.2 Å². The van der Waals surface area contributed by atoms with Gasteiger partial charge < -0.3 is 26.2 Å². The van der Waals surface area contributed by atoms with Crippen LogP contribution in [0, 0.1) is 11.6 Å². The quantitative estimate of drug-likeness (QED) is 0.510. The minimum absolute atomic E-state index is 0.0711. The number of hydrogen-bond donors (Lipinski definition) is 4. The van der Waals surface area contributed by atoms with Crippen LogP contribution in [0.1, 0.15) is 28.8 Å². The summed E-state index contributed by atoms with van der Waals surface area (Å²) in [5.41, 5.74) is 7.59. The molecule has 0 bridgehead atoms. The second-order valence-electron chi connectivity index (χ2n) is 6.86. The molecule has 0 amide bonds. The van der Waals surface area contributed by atoms with Crippen LogP contribution >= 0.6 is 0 Å². The number of nitrogen functional groups attached to an aromatic ring is 1. The highest BCUT2D eigenvalue weighted by molar-refractivity contribution is 5.99. The second-order valence-corrected chi connectivity index (χ2v) is 6.86. The molecule has 0 saturated heterocycles. The molecule has 0 spiro atoms. The van der Waals surface area contributed by atoms with Crippen LogP contribution in [0.15, 0.2) is 35.3 Å². The van der Waals surface area contributed by atoms with Gasteiger partial charge in [0, 0.05) is 23.0 Å². The Labute approximate surface area is 156 Å². The lowest BCUT2D eigenvalue weighted by Crippen LogP contribution is -2.26. The number of phenolic OH excluding ortho intramolecular Hbond substituents is 1. The Morgan fingerprint density at radius 3 is 2.29 bits per heavy atom. The Morgan fingerprint density at radius 2 is 1.75 bits per heavy atom. The molecule has 0 aliphatic heterocycles. The van der Waals surface area contributed by atoms with Crippen molar-refractivity contribution in [3.8, 4) is 11.4 Å². The Balaban J connectivity index is 2.23. The zero-order valence-electron chi connectivity index (χ0n) is 14.4. The Morgan fingerprint density at radius 1 is 1.14 bits per heavy atom. The number of halogens is 2. The molecule has 1 heterocycles. The predicted octanol–water partition coefficient (Wildman–Crippen LogP) is 2.20. The largest absolute Gasteiger partial charge is 0.508 e. The molecule has 7 nitrogen and oxygen atoms in total. The summed E-state index contributed by atoms with van der Waals surface area (Å²) in [6, 6.07) is 5.38. The molecular weight excluding hydrogens is 372 g/mol. The number of pyridine rings is 1. The summed E-state index contributed by atoms with van der Waals surface area (Å²) in [7, 11) is 0. The number of rotatable bonds is 3. The average molecular weight is 387 g/mol. The summed E-state index contributed by atoms with van der Waals surface area (Å²) in [4.78, 5) is 24.1. The minimum atomic E-state index is -1.57. The Kier molecular flexibility index (Phi) is 3.69. The van der Waals surface area contributed by atoms with E-state index in [1.807, 2.05) is 0 Å². The lowest BCUT2D eigenvalue weighted by Gasteiger charge is -2.20. The van der Waals surface area contributed by atoms with Gasteiger partial charge in [-0.15, -0.1) is 0 Å². The van der Waals surface area contributed by atoms with E-state index in [1.54, 1.807) is 0 Å². The molecule has 0 atom stereocenters. The normalized spacial score (nSPS) is 15.0. The van der Waals surface area contributed by atoms with Gasteiger partial charge in [-0.05, 0) is 37.1 Å². The molecular formula is C19H15F2N3O4. The van der Waals surface area contributed by atoms with Crippen molar-refractivity contribution in [2.45, 2.75) is 18.4 Å². The summed E-state index contributed by atoms with van der Waals surface area (Å²) in [5.74, 6) is -3.86. The Hall–Kier alpha value is -3.46. The zero-order valence-corrected chi connectivity index (χ0v) is 14.4. The fourth-order valence-corrected chi connectivity index (χ4v) is 3.33. The minimum Gasteiger partial charge on any atom is -0.508 e. The molecule has 6 N–H and O–H groups in total. The highest BCUT2D eigenvalue weighted by atomic mass is 19.1. The maximum atomic E-state index is 15.5. The van der Waals surface area contributed by atoms with Crippen LogP contribution in [0.25, 0.3) is 16.6 Å². The molecule has 1 saturated carbocycles. The molecule has 2 aromatic carbocycles. The third-order valence-electron chi connectivity index (χ3n) is 5.01. The van der Waals surface area contributed by atoms with Gasteiger partial charge in [0.2, 0.25) is 5.43 Å². The summed E-state index contributed by atoms with van der Waals surface area (Å²) in [6.45, 7) is 0. The number of nitrogens with two attached hydrogens (primary N) is 2. The van der Waals surface area contributed by atoms with E-state index in [0.29, 0.717) is 12.8 Å². The number of carbonyl (C=O) groups is 1. The topological polar surface area (TPSA) is 132 Å². The fraction of sp³-hybridized carbons (Fsp3) is 0.158. The Bertz CT molecular complexity index is 1220.